The topological polar surface area (TPSA) is 23.6 Å². The van der Waals surface area contributed by atoms with Gasteiger partial charge in [-0.15, -0.1) is 0 Å². The molecule has 1 saturated heterocycles. The molecule has 132 valence electrons. The van der Waals surface area contributed by atoms with Gasteiger partial charge in [0.1, 0.15) is 5.82 Å². The van der Waals surface area contributed by atoms with E-state index >= 15 is 0 Å². The Kier molecular flexibility index (Phi) is 5.16. The largest absolute Gasteiger partial charge is 0.338 e. The number of likely N-dealkylation sites (tertiary alicyclic amines) is 1. The number of benzene rings is 1. The third-order valence-electron chi connectivity index (χ3n) is 5.70. The molecule has 1 amide bonds. The van der Waals surface area contributed by atoms with E-state index in [0.29, 0.717) is 11.5 Å². The number of carbonyl (C=O) groups is 1. The summed E-state index contributed by atoms with van der Waals surface area (Å²) in [6.07, 6.45) is 6.24. The molecule has 1 unspecified atom stereocenters. The van der Waals surface area contributed by atoms with Crippen LogP contribution in [0.5, 0.6) is 0 Å². The van der Waals surface area contributed by atoms with Crippen molar-refractivity contribution in [1.29, 1.82) is 0 Å². The number of nitrogens with zero attached hydrogens (tertiary/aromatic N) is 2. The Hall–Kier alpha value is -1.13. The minimum Gasteiger partial charge on any atom is -0.338 e. The van der Waals surface area contributed by atoms with Gasteiger partial charge >= 0.3 is 0 Å². The molecule has 5 heteroatoms. The molecule has 24 heavy (non-hydrogen) atoms. The van der Waals surface area contributed by atoms with Crippen molar-refractivity contribution in [2.24, 2.45) is 11.3 Å². The molecule has 1 aliphatic heterocycles. The van der Waals surface area contributed by atoms with E-state index in [1.807, 2.05) is 4.90 Å². The van der Waals surface area contributed by atoms with Crippen LogP contribution in [-0.4, -0.2) is 49.4 Å². The maximum Gasteiger partial charge on any atom is 0.253 e. The molecule has 1 atom stereocenters. The van der Waals surface area contributed by atoms with E-state index in [-0.39, 0.29) is 16.3 Å². The molecule has 3 rings (SSSR count). The summed E-state index contributed by atoms with van der Waals surface area (Å²) in [5.74, 6) is -0.000325. The lowest BCUT2D eigenvalue weighted by Gasteiger charge is -2.39. The van der Waals surface area contributed by atoms with Gasteiger partial charge in [-0.25, -0.2) is 4.39 Å². The van der Waals surface area contributed by atoms with Gasteiger partial charge in [-0.2, -0.15) is 0 Å². The summed E-state index contributed by atoms with van der Waals surface area (Å²) in [4.78, 5) is 17.1. The quantitative estimate of drug-likeness (QED) is 0.818. The number of halogens is 2. The fraction of sp³-hybridized carbons (Fsp3) is 0.632. The van der Waals surface area contributed by atoms with E-state index in [2.05, 4.69) is 19.0 Å². The van der Waals surface area contributed by atoms with Crippen molar-refractivity contribution < 1.29 is 9.18 Å². The molecule has 2 fully saturated rings. The molecular formula is C19H26ClFN2O. The monoisotopic (exact) mass is 352 g/mol. The van der Waals surface area contributed by atoms with Crippen LogP contribution in [0.1, 0.15) is 42.5 Å². The van der Waals surface area contributed by atoms with Crippen LogP contribution in [0.3, 0.4) is 0 Å². The van der Waals surface area contributed by atoms with Crippen molar-refractivity contribution in [2.45, 2.75) is 32.1 Å². The molecule has 1 aromatic carbocycles. The van der Waals surface area contributed by atoms with Gasteiger partial charge < -0.3 is 9.80 Å². The van der Waals surface area contributed by atoms with Crippen LogP contribution in [0.2, 0.25) is 5.02 Å². The van der Waals surface area contributed by atoms with E-state index < -0.39 is 5.82 Å². The average molecular weight is 353 g/mol. The van der Waals surface area contributed by atoms with E-state index in [1.165, 1.54) is 50.3 Å². The van der Waals surface area contributed by atoms with Crippen LogP contribution in [0.25, 0.3) is 0 Å². The fourth-order valence-corrected chi connectivity index (χ4v) is 4.69. The Morgan fingerprint density at radius 1 is 1.33 bits per heavy atom. The number of carbonyl (C=O) groups excluding carboxylic acids is 1. The maximum atomic E-state index is 13.4. The SMILES string of the molecule is CN(C)CC1CN(C(=O)c2ccc(F)c(Cl)c2)CC12CCCCC2. The Balaban J connectivity index is 1.81. The summed E-state index contributed by atoms with van der Waals surface area (Å²) in [5, 5.41) is 0.0114. The molecule has 2 aliphatic rings. The minimum absolute atomic E-state index is 0.0114. The average Bonchev–Trinajstić information content (AvgIpc) is 2.87. The standard InChI is InChI=1S/C19H26ClFN2O/c1-22(2)11-15-12-23(13-19(15)8-4-3-5-9-19)18(24)14-6-7-17(21)16(20)10-14/h6-7,10,15H,3-5,8-9,11-13H2,1-2H3. The van der Waals surface area contributed by atoms with Gasteiger partial charge in [0.2, 0.25) is 0 Å². The lowest BCUT2D eigenvalue weighted by molar-refractivity contribution is 0.0755. The first-order valence-corrected chi connectivity index (χ1v) is 9.18. The number of hydrogen-bond acceptors (Lipinski definition) is 2. The Morgan fingerprint density at radius 3 is 2.67 bits per heavy atom. The highest BCUT2D eigenvalue weighted by Gasteiger charge is 2.48. The number of hydrogen-bond donors (Lipinski definition) is 0. The molecule has 0 N–H and O–H groups in total. The Bertz CT molecular complexity index is 613. The Labute approximate surface area is 148 Å². The zero-order chi connectivity index (χ0) is 17.3. The van der Waals surface area contributed by atoms with E-state index in [4.69, 9.17) is 11.6 Å². The molecule has 0 radical (unpaired) electrons. The third kappa shape index (κ3) is 3.45. The predicted octanol–water partition coefficient (Wildman–Crippen LogP) is 4.06. The second-order valence-electron chi connectivity index (χ2n) is 7.70. The normalized spacial score (nSPS) is 23.2. The molecule has 1 aromatic rings. The van der Waals surface area contributed by atoms with Gasteiger partial charge in [0.15, 0.2) is 0 Å². The molecule has 1 aliphatic carbocycles. The summed E-state index contributed by atoms with van der Waals surface area (Å²) >= 11 is 5.85. The molecule has 3 nitrogen and oxygen atoms in total. The molecule has 1 spiro atoms. The van der Waals surface area contributed by atoms with Crippen LogP contribution < -0.4 is 0 Å². The highest BCUT2D eigenvalue weighted by molar-refractivity contribution is 6.31. The molecule has 1 saturated carbocycles. The van der Waals surface area contributed by atoms with E-state index in [0.717, 1.165) is 19.6 Å². The van der Waals surface area contributed by atoms with Crippen LogP contribution >= 0.6 is 11.6 Å². The summed E-state index contributed by atoms with van der Waals surface area (Å²) in [6, 6.07) is 4.27. The van der Waals surface area contributed by atoms with Crippen molar-refractivity contribution in [2.75, 3.05) is 33.7 Å². The number of amides is 1. The van der Waals surface area contributed by atoms with E-state index in [9.17, 15) is 9.18 Å². The lowest BCUT2D eigenvalue weighted by Crippen LogP contribution is -2.38. The van der Waals surface area contributed by atoms with Gasteiger partial charge in [-0.3, -0.25) is 4.79 Å². The van der Waals surface area contributed by atoms with Crippen LogP contribution in [-0.2, 0) is 0 Å². The van der Waals surface area contributed by atoms with Crippen molar-refractivity contribution in [3.63, 3.8) is 0 Å². The molecular weight excluding hydrogens is 327 g/mol. The zero-order valence-electron chi connectivity index (χ0n) is 14.5. The molecule has 1 heterocycles. The molecule has 0 bridgehead atoms. The van der Waals surface area contributed by atoms with E-state index in [1.54, 1.807) is 0 Å². The number of rotatable bonds is 3. The first-order valence-electron chi connectivity index (χ1n) is 8.80. The van der Waals surface area contributed by atoms with Crippen molar-refractivity contribution in [1.82, 2.24) is 9.80 Å². The minimum atomic E-state index is -0.483. The summed E-state index contributed by atoms with van der Waals surface area (Å²) in [5.41, 5.74) is 0.736. The summed E-state index contributed by atoms with van der Waals surface area (Å²) in [7, 11) is 4.20. The van der Waals surface area contributed by atoms with Gasteiger partial charge in [0.25, 0.3) is 5.91 Å². The van der Waals surface area contributed by atoms with Gasteiger partial charge in [-0.1, -0.05) is 30.9 Å². The summed E-state index contributed by atoms with van der Waals surface area (Å²) in [6.45, 7) is 2.61. The first-order chi connectivity index (χ1) is 11.4. The van der Waals surface area contributed by atoms with Crippen molar-refractivity contribution in [3.05, 3.63) is 34.6 Å². The highest BCUT2D eigenvalue weighted by atomic mass is 35.5. The Morgan fingerprint density at radius 2 is 2.04 bits per heavy atom. The maximum absolute atomic E-state index is 13.4. The van der Waals surface area contributed by atoms with Gasteiger partial charge in [0.05, 0.1) is 5.02 Å². The predicted molar refractivity (Wildman–Crippen MR) is 94.9 cm³/mol. The second kappa shape index (κ2) is 7.01. The first kappa shape index (κ1) is 17.7. The van der Waals surface area contributed by atoms with Crippen molar-refractivity contribution in [3.8, 4) is 0 Å². The lowest BCUT2D eigenvalue weighted by atomic mass is 9.67. The summed E-state index contributed by atoms with van der Waals surface area (Å²) < 4.78 is 13.4. The van der Waals surface area contributed by atoms with Gasteiger partial charge in [-0.05, 0) is 56.5 Å². The zero-order valence-corrected chi connectivity index (χ0v) is 15.3. The third-order valence-corrected chi connectivity index (χ3v) is 5.99. The molecule has 0 aromatic heterocycles. The van der Waals surface area contributed by atoms with Crippen LogP contribution in [0.4, 0.5) is 4.39 Å². The second-order valence-corrected chi connectivity index (χ2v) is 8.10. The van der Waals surface area contributed by atoms with Gasteiger partial charge in [0, 0.05) is 25.2 Å². The highest BCUT2D eigenvalue weighted by Crippen LogP contribution is 2.48. The van der Waals surface area contributed by atoms with Crippen LogP contribution in [0.15, 0.2) is 18.2 Å². The fourth-order valence-electron chi connectivity index (χ4n) is 4.51. The van der Waals surface area contributed by atoms with Crippen molar-refractivity contribution >= 4 is 17.5 Å². The smallest absolute Gasteiger partial charge is 0.253 e. The van der Waals surface area contributed by atoms with Crippen LogP contribution in [0, 0.1) is 17.2 Å².